The summed E-state index contributed by atoms with van der Waals surface area (Å²) in [5.74, 6) is -0.119. The first-order valence-electron chi connectivity index (χ1n) is 9.47. The van der Waals surface area contributed by atoms with Crippen molar-refractivity contribution in [3.8, 4) is 11.5 Å². The van der Waals surface area contributed by atoms with Gasteiger partial charge in [-0.2, -0.15) is 13.2 Å². The van der Waals surface area contributed by atoms with Crippen LogP contribution in [0.3, 0.4) is 0 Å². The van der Waals surface area contributed by atoms with Crippen molar-refractivity contribution in [2.24, 2.45) is 0 Å². The van der Waals surface area contributed by atoms with Crippen LogP contribution in [0.5, 0.6) is 11.5 Å². The van der Waals surface area contributed by atoms with Crippen LogP contribution >= 0.6 is 0 Å². The smallest absolute Gasteiger partial charge is 0.416 e. The molecule has 0 radical (unpaired) electrons. The van der Waals surface area contributed by atoms with Crippen LogP contribution in [0.2, 0.25) is 0 Å². The number of benzene rings is 2. The molecular formula is C22H21F3N2O5. The first-order valence-corrected chi connectivity index (χ1v) is 9.47. The Kier molecular flexibility index (Phi) is 7.04. The number of para-hydroxylation sites is 1. The SMILES string of the molecule is COc1cccc(CN(Cc2cccc(C(F)(F)F)c2)Cc2nc(C(=O)O)co2)c1OC. The summed E-state index contributed by atoms with van der Waals surface area (Å²) in [6, 6.07) is 10.3. The van der Waals surface area contributed by atoms with Gasteiger partial charge in [-0.15, -0.1) is 0 Å². The zero-order chi connectivity index (χ0) is 23.3. The molecule has 1 N–H and O–H groups in total. The van der Waals surface area contributed by atoms with Crippen molar-refractivity contribution >= 4 is 5.97 Å². The van der Waals surface area contributed by atoms with Crippen LogP contribution in [0.4, 0.5) is 13.2 Å². The Balaban J connectivity index is 1.92. The number of hydrogen-bond acceptors (Lipinski definition) is 6. The summed E-state index contributed by atoms with van der Waals surface area (Å²) in [5, 5.41) is 9.06. The maximum absolute atomic E-state index is 13.1. The maximum Gasteiger partial charge on any atom is 0.416 e. The first kappa shape index (κ1) is 23.1. The molecule has 0 atom stereocenters. The number of oxazole rings is 1. The van der Waals surface area contributed by atoms with Gasteiger partial charge in [-0.1, -0.05) is 30.3 Å². The zero-order valence-corrected chi connectivity index (χ0v) is 17.3. The molecular weight excluding hydrogens is 429 g/mol. The van der Waals surface area contributed by atoms with E-state index in [-0.39, 0.29) is 31.2 Å². The van der Waals surface area contributed by atoms with E-state index in [9.17, 15) is 18.0 Å². The standard InChI is InChI=1S/C22H21F3N2O5/c1-30-18-8-4-6-15(20(18)31-2)11-27(12-19-26-17(13-32-19)21(28)29)10-14-5-3-7-16(9-14)22(23,24)25/h3-9,13H,10-12H2,1-2H3,(H,28,29). The maximum atomic E-state index is 13.1. The lowest BCUT2D eigenvalue weighted by Gasteiger charge is -2.23. The highest BCUT2D eigenvalue weighted by Crippen LogP contribution is 2.33. The van der Waals surface area contributed by atoms with E-state index in [1.165, 1.54) is 20.3 Å². The van der Waals surface area contributed by atoms with Gasteiger partial charge in [-0.3, -0.25) is 4.90 Å². The third-order valence-corrected chi connectivity index (χ3v) is 4.67. The predicted octanol–water partition coefficient (Wildman–Crippen LogP) is 4.61. The zero-order valence-electron chi connectivity index (χ0n) is 17.3. The van der Waals surface area contributed by atoms with Crippen LogP contribution in [0, 0.1) is 0 Å². The molecule has 0 aliphatic heterocycles. The number of aromatic nitrogens is 1. The summed E-state index contributed by atoms with van der Waals surface area (Å²) in [4.78, 5) is 16.8. The molecule has 0 saturated heterocycles. The summed E-state index contributed by atoms with van der Waals surface area (Å²) in [5.41, 5.74) is 0.145. The number of hydrogen-bond donors (Lipinski definition) is 1. The molecule has 0 amide bonds. The number of carboxylic acid groups (broad SMARTS) is 1. The summed E-state index contributed by atoms with van der Waals surface area (Å²) >= 11 is 0. The van der Waals surface area contributed by atoms with Gasteiger partial charge >= 0.3 is 12.1 Å². The van der Waals surface area contributed by atoms with Gasteiger partial charge in [0.05, 0.1) is 26.3 Å². The largest absolute Gasteiger partial charge is 0.493 e. The van der Waals surface area contributed by atoms with Gasteiger partial charge in [0.25, 0.3) is 0 Å². The number of carbonyl (C=O) groups is 1. The summed E-state index contributed by atoms with van der Waals surface area (Å²) in [6.45, 7) is 0.431. The molecule has 1 aromatic heterocycles. The van der Waals surface area contributed by atoms with Gasteiger partial charge in [0.15, 0.2) is 17.2 Å². The first-order chi connectivity index (χ1) is 15.2. The minimum Gasteiger partial charge on any atom is -0.493 e. The molecule has 0 fully saturated rings. The van der Waals surface area contributed by atoms with Crippen LogP contribution in [-0.2, 0) is 25.8 Å². The lowest BCUT2D eigenvalue weighted by Crippen LogP contribution is -2.23. The number of nitrogens with zero attached hydrogens (tertiary/aromatic N) is 2. The summed E-state index contributed by atoms with van der Waals surface area (Å²) in [6.07, 6.45) is -3.44. The third kappa shape index (κ3) is 5.58. The molecule has 2 aromatic carbocycles. The minimum absolute atomic E-state index is 0.0594. The quantitative estimate of drug-likeness (QED) is 0.510. The van der Waals surface area contributed by atoms with E-state index in [1.54, 1.807) is 29.2 Å². The van der Waals surface area contributed by atoms with Gasteiger partial charge in [-0.25, -0.2) is 9.78 Å². The Morgan fingerprint density at radius 2 is 1.84 bits per heavy atom. The second-order valence-electron chi connectivity index (χ2n) is 6.93. The van der Waals surface area contributed by atoms with Crippen LogP contribution in [0.15, 0.2) is 53.1 Å². The molecule has 7 nitrogen and oxygen atoms in total. The molecule has 3 aromatic rings. The highest BCUT2D eigenvalue weighted by atomic mass is 19.4. The monoisotopic (exact) mass is 450 g/mol. The van der Waals surface area contributed by atoms with Crippen LogP contribution in [-0.4, -0.2) is 35.2 Å². The molecule has 0 bridgehead atoms. The van der Waals surface area contributed by atoms with Crippen molar-refractivity contribution in [3.05, 3.63) is 77.0 Å². The minimum atomic E-state index is -4.46. The van der Waals surface area contributed by atoms with Crippen molar-refractivity contribution in [1.29, 1.82) is 0 Å². The third-order valence-electron chi connectivity index (χ3n) is 4.67. The molecule has 3 rings (SSSR count). The fourth-order valence-corrected chi connectivity index (χ4v) is 3.26. The Bertz CT molecular complexity index is 1080. The van der Waals surface area contributed by atoms with Gasteiger partial charge in [0.1, 0.15) is 6.26 Å². The number of alkyl halides is 3. The van der Waals surface area contributed by atoms with Crippen molar-refractivity contribution in [2.75, 3.05) is 14.2 Å². The molecule has 0 saturated carbocycles. The Morgan fingerprint density at radius 3 is 2.47 bits per heavy atom. The van der Waals surface area contributed by atoms with E-state index < -0.39 is 17.7 Å². The predicted molar refractivity (Wildman–Crippen MR) is 107 cm³/mol. The molecule has 10 heteroatoms. The highest BCUT2D eigenvalue weighted by molar-refractivity contribution is 5.84. The molecule has 1 heterocycles. The highest BCUT2D eigenvalue weighted by Gasteiger charge is 2.30. The average Bonchev–Trinajstić information content (AvgIpc) is 3.22. The Labute approximate surface area is 182 Å². The normalized spacial score (nSPS) is 11.6. The van der Waals surface area contributed by atoms with E-state index in [0.717, 1.165) is 24.0 Å². The van der Waals surface area contributed by atoms with Crippen molar-refractivity contribution in [3.63, 3.8) is 0 Å². The van der Waals surface area contributed by atoms with E-state index in [4.69, 9.17) is 19.0 Å². The lowest BCUT2D eigenvalue weighted by molar-refractivity contribution is -0.137. The van der Waals surface area contributed by atoms with Gasteiger partial charge in [-0.05, 0) is 17.7 Å². The van der Waals surface area contributed by atoms with Crippen molar-refractivity contribution < 1.29 is 37.0 Å². The van der Waals surface area contributed by atoms with E-state index in [0.29, 0.717) is 17.1 Å². The lowest BCUT2D eigenvalue weighted by atomic mass is 10.1. The second-order valence-corrected chi connectivity index (χ2v) is 6.93. The number of ether oxygens (including phenoxy) is 2. The van der Waals surface area contributed by atoms with Crippen LogP contribution < -0.4 is 9.47 Å². The van der Waals surface area contributed by atoms with E-state index in [2.05, 4.69) is 4.98 Å². The number of carboxylic acids is 1. The topological polar surface area (TPSA) is 85.0 Å². The van der Waals surface area contributed by atoms with E-state index in [1.807, 2.05) is 0 Å². The fraction of sp³-hybridized carbons (Fsp3) is 0.273. The molecule has 170 valence electrons. The second kappa shape index (κ2) is 9.73. The van der Waals surface area contributed by atoms with Crippen LogP contribution in [0.25, 0.3) is 0 Å². The Morgan fingerprint density at radius 1 is 1.09 bits per heavy atom. The number of methoxy groups -OCH3 is 2. The number of halogens is 3. The molecule has 0 aliphatic rings. The molecule has 0 aliphatic carbocycles. The average molecular weight is 450 g/mol. The summed E-state index contributed by atoms with van der Waals surface area (Å²) in [7, 11) is 2.99. The van der Waals surface area contributed by atoms with Gasteiger partial charge < -0.3 is 19.0 Å². The van der Waals surface area contributed by atoms with Crippen molar-refractivity contribution in [1.82, 2.24) is 9.88 Å². The molecule has 0 spiro atoms. The molecule has 0 unspecified atom stereocenters. The van der Waals surface area contributed by atoms with E-state index >= 15 is 0 Å². The van der Waals surface area contributed by atoms with Crippen LogP contribution in [0.1, 0.15) is 33.1 Å². The molecule has 32 heavy (non-hydrogen) atoms. The van der Waals surface area contributed by atoms with Gasteiger partial charge in [0.2, 0.25) is 5.89 Å². The van der Waals surface area contributed by atoms with Crippen molar-refractivity contribution in [2.45, 2.75) is 25.8 Å². The fourth-order valence-electron chi connectivity index (χ4n) is 3.26. The number of aromatic carboxylic acids is 1. The number of rotatable bonds is 9. The summed E-state index contributed by atoms with van der Waals surface area (Å²) < 4.78 is 55.4. The Hall–Kier alpha value is -3.53. The van der Waals surface area contributed by atoms with Gasteiger partial charge in [0, 0.05) is 18.7 Å².